The molecule has 0 spiro atoms. The zero-order chi connectivity index (χ0) is 24.1. The molecule has 2 aromatic heterocycles. The van der Waals surface area contributed by atoms with E-state index >= 15 is 0 Å². The van der Waals surface area contributed by atoms with Gasteiger partial charge in [-0.3, -0.25) is 0 Å². The molecule has 184 valence electrons. The zero-order valence-electron chi connectivity index (χ0n) is 19.6. The maximum Gasteiger partial charge on any atom is 0.230 e. The quantitative estimate of drug-likeness (QED) is 0.264. The van der Waals surface area contributed by atoms with E-state index < -0.39 is 14.2 Å². The molecule has 0 bridgehead atoms. The minimum Gasteiger partial charge on any atom is -0.474 e. The predicted octanol–water partition coefficient (Wildman–Crippen LogP) is 2.48. The summed E-state index contributed by atoms with van der Waals surface area (Å²) in [4.78, 5) is 4.59. The van der Waals surface area contributed by atoms with Crippen molar-refractivity contribution in [2.45, 2.75) is 44.6 Å². The minimum atomic E-state index is -1.09. The summed E-state index contributed by atoms with van der Waals surface area (Å²) < 4.78 is 23.9. The fourth-order valence-electron chi connectivity index (χ4n) is 2.39. The number of aliphatic hydroxyl groups excluding tert-OH is 3. The Hall–Kier alpha value is -1.05. The van der Waals surface area contributed by atoms with Crippen LogP contribution in [0.2, 0.25) is 25.7 Å². The molecule has 2 rings (SSSR count). The number of methoxy groups -OCH3 is 2. The van der Waals surface area contributed by atoms with E-state index in [9.17, 15) is 5.11 Å². The van der Waals surface area contributed by atoms with Crippen LogP contribution < -0.4 is 4.74 Å². The molecule has 32 heavy (non-hydrogen) atoms. The second kappa shape index (κ2) is 15.0. The van der Waals surface area contributed by atoms with Gasteiger partial charge < -0.3 is 38.8 Å². The first-order valence-corrected chi connectivity index (χ1v) is 14.9. The van der Waals surface area contributed by atoms with Gasteiger partial charge >= 0.3 is 0 Å². The first-order valence-electron chi connectivity index (χ1n) is 10.4. The van der Waals surface area contributed by atoms with Crippen LogP contribution in [0.3, 0.4) is 0 Å². The lowest BCUT2D eigenvalue weighted by molar-refractivity contribution is 0.00933. The second-order valence-electron chi connectivity index (χ2n) is 8.40. The number of pyridine rings is 1. The molecule has 1 atom stereocenters. The molecule has 0 saturated heterocycles. The van der Waals surface area contributed by atoms with Crippen LogP contribution in [0.1, 0.15) is 0 Å². The van der Waals surface area contributed by atoms with Crippen molar-refractivity contribution in [1.82, 2.24) is 9.55 Å². The highest BCUT2D eigenvalue weighted by molar-refractivity contribution is 9.10. The number of hydrogen-bond acceptors (Lipinski definition) is 8. The van der Waals surface area contributed by atoms with Gasteiger partial charge in [0.2, 0.25) is 5.88 Å². The van der Waals surface area contributed by atoms with Crippen molar-refractivity contribution in [1.29, 1.82) is 0 Å². The van der Waals surface area contributed by atoms with Gasteiger partial charge in [-0.1, -0.05) is 19.6 Å². The third-order valence-corrected chi connectivity index (χ3v) is 6.84. The number of nitrogens with zero attached hydrogens (tertiary/aromatic N) is 2. The van der Waals surface area contributed by atoms with E-state index in [0.29, 0.717) is 12.6 Å². The third kappa shape index (κ3) is 10.3. The van der Waals surface area contributed by atoms with Gasteiger partial charge in [-0.05, 0) is 34.1 Å². The molecule has 0 aliphatic heterocycles. The first-order chi connectivity index (χ1) is 15.2. The van der Waals surface area contributed by atoms with Crippen LogP contribution in [0.4, 0.5) is 0 Å². The Kier molecular flexibility index (Phi) is 13.6. The highest BCUT2D eigenvalue weighted by Gasteiger charge is 2.14. The third-order valence-electron chi connectivity index (χ3n) is 4.57. The van der Waals surface area contributed by atoms with Crippen molar-refractivity contribution >= 4 is 35.0 Å². The number of ether oxygens (including phenoxy) is 4. The second-order valence-corrected chi connectivity index (χ2v) is 14.9. The molecule has 0 radical (unpaired) electrons. The zero-order valence-corrected chi connectivity index (χ0v) is 22.2. The summed E-state index contributed by atoms with van der Waals surface area (Å²) in [6.07, 6.45) is 1.19. The highest BCUT2D eigenvalue weighted by Crippen LogP contribution is 2.28. The molecule has 0 aromatic carbocycles. The Morgan fingerprint density at radius 3 is 2.19 bits per heavy atom. The summed E-state index contributed by atoms with van der Waals surface area (Å²) in [5.41, 5.74) is 0.809. The molecule has 2 heterocycles. The van der Waals surface area contributed by atoms with Crippen molar-refractivity contribution in [3.05, 3.63) is 22.8 Å². The van der Waals surface area contributed by atoms with Crippen LogP contribution in [-0.2, 0) is 20.9 Å². The van der Waals surface area contributed by atoms with E-state index in [1.165, 1.54) is 7.11 Å². The van der Waals surface area contributed by atoms with Gasteiger partial charge in [-0.15, -0.1) is 0 Å². The standard InChI is InChI=1S/C17H27BrN2O4Si.C4H10O3/c1-22-14(10-21)11-24-17-15(18)9-13-5-6-20(16(13)19-17)12-23-7-8-25(2,3)4;1-7-4(2-5)3-6/h5-6,9,14,21H,7-8,10-12H2,1-4H3;4-6H,2-3H2,1H3. The van der Waals surface area contributed by atoms with Crippen LogP contribution in [0.5, 0.6) is 5.88 Å². The molecule has 0 aliphatic rings. The van der Waals surface area contributed by atoms with Crippen LogP contribution in [0.15, 0.2) is 22.8 Å². The average Bonchev–Trinajstić information content (AvgIpc) is 3.14. The SMILES string of the molecule is COC(CO)CO.COC(CO)COc1nc2c(ccn2COCC[Si](C)(C)C)cc1Br. The van der Waals surface area contributed by atoms with E-state index in [0.717, 1.165) is 28.2 Å². The van der Waals surface area contributed by atoms with Gasteiger partial charge in [0.25, 0.3) is 0 Å². The molecule has 11 heteroatoms. The largest absolute Gasteiger partial charge is 0.474 e. The Labute approximate surface area is 199 Å². The van der Waals surface area contributed by atoms with Gasteiger partial charge in [0.05, 0.1) is 24.3 Å². The molecule has 0 saturated carbocycles. The molecule has 9 nitrogen and oxygen atoms in total. The summed E-state index contributed by atoms with van der Waals surface area (Å²) in [6.45, 7) is 8.15. The summed E-state index contributed by atoms with van der Waals surface area (Å²) in [7, 11) is 1.90. The smallest absolute Gasteiger partial charge is 0.230 e. The number of fused-ring (bicyclic) bond motifs is 1. The number of halogens is 1. The number of aliphatic hydroxyl groups is 3. The molecule has 0 fully saturated rings. The van der Waals surface area contributed by atoms with Gasteiger partial charge in [-0.25, -0.2) is 0 Å². The molecule has 2 aromatic rings. The maximum absolute atomic E-state index is 9.18. The Bertz CT molecular complexity index is 772. The van der Waals surface area contributed by atoms with Crippen molar-refractivity contribution in [2.75, 3.05) is 47.3 Å². The van der Waals surface area contributed by atoms with Crippen LogP contribution in [-0.4, -0.2) is 92.4 Å². The molecular formula is C21H37BrN2O7Si. The maximum atomic E-state index is 9.18. The van der Waals surface area contributed by atoms with Crippen molar-refractivity contribution in [3.8, 4) is 5.88 Å². The summed E-state index contributed by atoms with van der Waals surface area (Å²) >= 11 is 3.48. The van der Waals surface area contributed by atoms with Gasteiger partial charge in [0.15, 0.2) is 0 Å². The van der Waals surface area contributed by atoms with Crippen LogP contribution in [0.25, 0.3) is 11.0 Å². The molecule has 3 N–H and O–H groups in total. The monoisotopic (exact) mass is 536 g/mol. The summed E-state index contributed by atoms with van der Waals surface area (Å²) in [5.74, 6) is 0.477. The Morgan fingerprint density at radius 1 is 1.06 bits per heavy atom. The van der Waals surface area contributed by atoms with E-state index in [1.54, 1.807) is 7.11 Å². The van der Waals surface area contributed by atoms with Gasteiger partial charge in [0, 0.05) is 40.5 Å². The number of hydrogen-bond donors (Lipinski definition) is 3. The highest BCUT2D eigenvalue weighted by atomic mass is 79.9. The lowest BCUT2D eigenvalue weighted by atomic mass is 10.3. The average molecular weight is 538 g/mol. The van der Waals surface area contributed by atoms with Crippen molar-refractivity contribution < 1.29 is 34.3 Å². The lowest BCUT2D eigenvalue weighted by Gasteiger charge is -2.16. The first kappa shape index (κ1) is 29.0. The van der Waals surface area contributed by atoms with Crippen LogP contribution >= 0.6 is 15.9 Å². The Morgan fingerprint density at radius 2 is 1.69 bits per heavy atom. The van der Waals surface area contributed by atoms with Crippen molar-refractivity contribution in [2.24, 2.45) is 0 Å². The Balaban J connectivity index is 0.000000633. The topological polar surface area (TPSA) is 115 Å². The molecular weight excluding hydrogens is 500 g/mol. The minimum absolute atomic E-state index is 0.0995. The predicted molar refractivity (Wildman–Crippen MR) is 130 cm³/mol. The fraction of sp³-hybridized carbons (Fsp3) is 0.667. The summed E-state index contributed by atoms with van der Waals surface area (Å²) in [5, 5.41) is 26.7. The number of rotatable bonds is 13. The fourth-order valence-corrected chi connectivity index (χ4v) is 3.60. The number of aromatic nitrogens is 2. The van der Waals surface area contributed by atoms with E-state index in [1.807, 2.05) is 22.9 Å². The summed E-state index contributed by atoms with van der Waals surface area (Å²) in [6, 6.07) is 5.11. The van der Waals surface area contributed by atoms with E-state index in [2.05, 4.69) is 45.3 Å². The molecule has 0 aliphatic carbocycles. The van der Waals surface area contributed by atoms with Gasteiger partial charge in [-0.2, -0.15) is 4.98 Å². The van der Waals surface area contributed by atoms with Crippen molar-refractivity contribution in [3.63, 3.8) is 0 Å². The normalized spacial score (nSPS) is 12.7. The molecule has 0 amide bonds. The lowest BCUT2D eigenvalue weighted by Crippen LogP contribution is -2.24. The van der Waals surface area contributed by atoms with Crippen LogP contribution in [0, 0.1) is 0 Å². The molecule has 1 unspecified atom stereocenters. The van der Waals surface area contributed by atoms with E-state index in [4.69, 9.17) is 24.4 Å². The van der Waals surface area contributed by atoms with E-state index in [-0.39, 0.29) is 32.5 Å². The van der Waals surface area contributed by atoms with Gasteiger partial charge in [0.1, 0.15) is 31.2 Å².